The molecule has 15 nitrogen and oxygen atoms in total. The Morgan fingerprint density at radius 3 is 2.05 bits per heavy atom. The number of fused-ring (bicyclic) bond motifs is 1. The molecule has 228 valence electrons. The SMILES string of the molecule is C[C@H]1O[C@@H](Oc2cc(O)c3c(=O)c(O[C@@H]4O[C@H](CO)[C@@H](O)[C@H](O)[C@H]4O)c(-c4ccc(O)cc4)oc3c2)[C@@H](O)[C@@H](O)[C@@H]1O. The van der Waals surface area contributed by atoms with Gasteiger partial charge in [-0.2, -0.15) is 0 Å². The molecule has 42 heavy (non-hydrogen) atoms. The Labute approximate surface area is 236 Å². The lowest BCUT2D eigenvalue weighted by atomic mass is 9.99. The smallest absolute Gasteiger partial charge is 0.239 e. The Bertz CT molecular complexity index is 1470. The summed E-state index contributed by atoms with van der Waals surface area (Å²) >= 11 is 0. The molecule has 9 N–H and O–H groups in total. The molecule has 2 saturated heterocycles. The number of aliphatic hydroxyl groups excluding tert-OH is 7. The molecule has 0 radical (unpaired) electrons. The maximum absolute atomic E-state index is 13.7. The first-order chi connectivity index (χ1) is 19.9. The van der Waals surface area contributed by atoms with Gasteiger partial charge in [-0.15, -0.1) is 0 Å². The molecule has 0 unspecified atom stereocenters. The average molecular weight is 595 g/mol. The Balaban J connectivity index is 1.58. The summed E-state index contributed by atoms with van der Waals surface area (Å²) in [6.45, 7) is 0.702. The molecule has 2 aromatic carbocycles. The third-order valence-electron chi connectivity index (χ3n) is 7.18. The minimum absolute atomic E-state index is 0.112. The van der Waals surface area contributed by atoms with Crippen LogP contribution in [-0.4, -0.2) is 114 Å². The standard InChI is InChI=1S/C27H30O15/c1-9-17(31)20(34)22(36)26(38-9)39-12-6-13(30)16-14(7-12)40-24(10-2-4-11(29)5-3-10)25(19(16)33)42-27-23(37)21(35)18(32)15(8-28)41-27/h2-7,9,15,17-18,20-23,26-32,34-37H,8H2,1H3/t9-,15-,17-,18-,20+,21+,22+,23-,26+,27+/m1/s1. The lowest BCUT2D eigenvalue weighted by Gasteiger charge is -2.39. The summed E-state index contributed by atoms with van der Waals surface area (Å²) in [4.78, 5) is 13.7. The van der Waals surface area contributed by atoms with Crippen molar-refractivity contribution in [1.29, 1.82) is 0 Å². The first-order valence-electron chi connectivity index (χ1n) is 12.9. The fraction of sp³-hybridized carbons (Fsp3) is 0.444. The highest BCUT2D eigenvalue weighted by Crippen LogP contribution is 2.38. The van der Waals surface area contributed by atoms with Crippen LogP contribution in [0.25, 0.3) is 22.3 Å². The molecular formula is C27H30O15. The number of hydrogen-bond acceptors (Lipinski definition) is 15. The molecule has 0 bridgehead atoms. The van der Waals surface area contributed by atoms with Gasteiger partial charge in [0.15, 0.2) is 5.76 Å². The van der Waals surface area contributed by atoms with Gasteiger partial charge in [-0.25, -0.2) is 0 Å². The van der Waals surface area contributed by atoms with Crippen LogP contribution in [0, 0.1) is 0 Å². The Kier molecular flexibility index (Phi) is 8.30. The van der Waals surface area contributed by atoms with Crippen LogP contribution in [-0.2, 0) is 9.47 Å². The van der Waals surface area contributed by atoms with Crippen LogP contribution >= 0.6 is 0 Å². The third kappa shape index (κ3) is 5.37. The number of ether oxygens (including phenoxy) is 4. The summed E-state index contributed by atoms with van der Waals surface area (Å²) in [6.07, 6.45) is -15.5. The van der Waals surface area contributed by atoms with E-state index in [2.05, 4.69) is 0 Å². The van der Waals surface area contributed by atoms with Crippen molar-refractivity contribution in [3.8, 4) is 34.3 Å². The summed E-state index contributed by atoms with van der Waals surface area (Å²) in [6, 6.07) is 7.53. The normalized spacial score (nSPS) is 33.4. The molecule has 15 heteroatoms. The Morgan fingerprint density at radius 1 is 0.786 bits per heavy atom. The van der Waals surface area contributed by atoms with Crippen molar-refractivity contribution in [3.63, 3.8) is 0 Å². The van der Waals surface area contributed by atoms with E-state index < -0.39 is 90.3 Å². The van der Waals surface area contributed by atoms with E-state index in [1.165, 1.54) is 37.3 Å². The highest BCUT2D eigenvalue weighted by atomic mass is 16.7. The molecule has 2 aliphatic heterocycles. The molecule has 0 aliphatic carbocycles. The van der Waals surface area contributed by atoms with E-state index in [1.807, 2.05) is 0 Å². The minimum Gasteiger partial charge on any atom is -0.508 e. The van der Waals surface area contributed by atoms with Gasteiger partial charge in [0.05, 0.1) is 12.7 Å². The minimum atomic E-state index is -1.87. The van der Waals surface area contributed by atoms with Crippen LogP contribution in [0.4, 0.5) is 0 Å². The molecule has 5 rings (SSSR count). The summed E-state index contributed by atoms with van der Waals surface area (Å²) < 4.78 is 28.0. The number of phenolic OH excluding ortho intramolecular Hbond substituents is 2. The zero-order valence-corrected chi connectivity index (χ0v) is 21.9. The van der Waals surface area contributed by atoms with Crippen molar-refractivity contribution < 1.29 is 69.3 Å². The van der Waals surface area contributed by atoms with Gasteiger partial charge in [-0.3, -0.25) is 4.79 Å². The maximum atomic E-state index is 13.7. The first-order valence-corrected chi connectivity index (χ1v) is 12.9. The highest BCUT2D eigenvalue weighted by Gasteiger charge is 2.46. The monoisotopic (exact) mass is 594 g/mol. The van der Waals surface area contributed by atoms with E-state index >= 15 is 0 Å². The second-order valence-electron chi connectivity index (χ2n) is 10.1. The van der Waals surface area contributed by atoms with Crippen molar-refractivity contribution in [2.24, 2.45) is 0 Å². The number of rotatable bonds is 6. The fourth-order valence-corrected chi connectivity index (χ4v) is 4.76. The number of aromatic hydroxyl groups is 2. The molecular weight excluding hydrogens is 564 g/mol. The van der Waals surface area contributed by atoms with Crippen LogP contribution in [0.15, 0.2) is 45.6 Å². The molecule has 3 heterocycles. The quantitative estimate of drug-likeness (QED) is 0.154. The van der Waals surface area contributed by atoms with Gasteiger partial charge in [0.1, 0.15) is 70.9 Å². The summed E-state index contributed by atoms with van der Waals surface area (Å²) in [5.41, 5.74) is -1.01. The number of benzene rings is 2. The van der Waals surface area contributed by atoms with Crippen LogP contribution in [0.5, 0.6) is 23.0 Å². The molecule has 1 aromatic heterocycles. The fourth-order valence-electron chi connectivity index (χ4n) is 4.76. The van der Waals surface area contributed by atoms with Gasteiger partial charge in [0.25, 0.3) is 0 Å². The summed E-state index contributed by atoms with van der Waals surface area (Å²) in [7, 11) is 0. The average Bonchev–Trinajstić information content (AvgIpc) is 2.96. The number of hydrogen-bond donors (Lipinski definition) is 9. The lowest BCUT2D eigenvalue weighted by molar-refractivity contribution is -0.277. The van der Waals surface area contributed by atoms with E-state index in [1.54, 1.807) is 0 Å². The van der Waals surface area contributed by atoms with E-state index in [0.29, 0.717) is 0 Å². The van der Waals surface area contributed by atoms with Gasteiger partial charge < -0.3 is 69.3 Å². The predicted molar refractivity (Wildman–Crippen MR) is 139 cm³/mol. The number of aliphatic hydroxyl groups is 7. The molecule has 2 fully saturated rings. The maximum Gasteiger partial charge on any atom is 0.239 e. The van der Waals surface area contributed by atoms with E-state index in [4.69, 9.17) is 23.4 Å². The molecule has 10 atom stereocenters. The summed E-state index contributed by atoms with van der Waals surface area (Å²) in [5, 5.41) is 90.7. The zero-order valence-electron chi connectivity index (χ0n) is 21.9. The lowest BCUT2D eigenvalue weighted by Crippen LogP contribution is -2.60. The molecule has 0 amide bonds. The summed E-state index contributed by atoms with van der Waals surface area (Å²) in [5.74, 6) is -1.77. The van der Waals surface area contributed by atoms with Gasteiger partial charge >= 0.3 is 0 Å². The van der Waals surface area contributed by atoms with Crippen LogP contribution in [0.1, 0.15) is 6.92 Å². The van der Waals surface area contributed by atoms with Gasteiger partial charge in [0.2, 0.25) is 23.8 Å². The Morgan fingerprint density at radius 2 is 1.40 bits per heavy atom. The van der Waals surface area contributed by atoms with Gasteiger partial charge in [-0.1, -0.05) is 0 Å². The Hall–Kier alpha value is -3.51. The van der Waals surface area contributed by atoms with Gasteiger partial charge in [-0.05, 0) is 31.2 Å². The predicted octanol–water partition coefficient (Wildman–Crippen LogP) is -1.74. The number of phenols is 2. The second-order valence-corrected chi connectivity index (χ2v) is 10.1. The van der Waals surface area contributed by atoms with Crippen LogP contribution < -0.4 is 14.9 Å². The van der Waals surface area contributed by atoms with Crippen molar-refractivity contribution >= 4 is 11.0 Å². The van der Waals surface area contributed by atoms with Crippen molar-refractivity contribution in [3.05, 3.63) is 46.6 Å². The van der Waals surface area contributed by atoms with Crippen molar-refractivity contribution in [1.82, 2.24) is 0 Å². The van der Waals surface area contributed by atoms with Crippen molar-refractivity contribution in [2.45, 2.75) is 68.3 Å². The van der Waals surface area contributed by atoms with Crippen molar-refractivity contribution in [2.75, 3.05) is 6.61 Å². The topological polar surface area (TPSA) is 249 Å². The molecule has 0 spiro atoms. The van der Waals surface area contributed by atoms with E-state index in [0.717, 1.165) is 6.07 Å². The van der Waals surface area contributed by atoms with E-state index in [-0.39, 0.29) is 28.4 Å². The van der Waals surface area contributed by atoms with Crippen LogP contribution in [0.3, 0.4) is 0 Å². The zero-order chi connectivity index (χ0) is 30.5. The van der Waals surface area contributed by atoms with E-state index in [9.17, 15) is 50.8 Å². The molecule has 0 saturated carbocycles. The highest BCUT2D eigenvalue weighted by molar-refractivity contribution is 5.88. The van der Waals surface area contributed by atoms with Gasteiger partial charge in [0, 0.05) is 17.7 Å². The molecule has 3 aromatic rings. The second kappa shape index (κ2) is 11.6. The van der Waals surface area contributed by atoms with Crippen LogP contribution in [0.2, 0.25) is 0 Å². The largest absolute Gasteiger partial charge is 0.508 e. The first kappa shape index (κ1) is 30.0. The molecule has 2 aliphatic rings. The third-order valence-corrected chi connectivity index (χ3v) is 7.18.